The molecule has 96 valence electrons. The fraction of sp³-hybridized carbons (Fsp3) is 0.133. The number of ether oxygens (including phenoxy) is 1. The zero-order valence-corrected chi connectivity index (χ0v) is 10.3. The minimum Gasteiger partial charge on any atom is -0.460 e. The Kier molecular flexibility index (Phi) is 4.39. The molecule has 1 aromatic carbocycles. The Bertz CT molecular complexity index is 552. The third kappa shape index (κ3) is 4.03. The van der Waals surface area contributed by atoms with Crippen molar-refractivity contribution in [2.24, 2.45) is 0 Å². The predicted molar refractivity (Wildman–Crippen MR) is 69.4 cm³/mol. The van der Waals surface area contributed by atoms with Crippen molar-refractivity contribution in [2.45, 2.75) is 13.0 Å². The molecule has 0 amide bonds. The number of pyridine rings is 1. The molecule has 2 aromatic rings. The van der Waals surface area contributed by atoms with Crippen LogP contribution in [0.2, 0.25) is 0 Å². The fourth-order valence-electron chi connectivity index (χ4n) is 1.55. The van der Waals surface area contributed by atoms with Crippen molar-refractivity contribution in [3.8, 4) is 0 Å². The Morgan fingerprint density at radius 2 is 1.84 bits per heavy atom. The van der Waals surface area contributed by atoms with Crippen LogP contribution in [0.15, 0.2) is 54.9 Å². The van der Waals surface area contributed by atoms with Crippen molar-refractivity contribution in [3.63, 3.8) is 0 Å². The maximum atomic E-state index is 11.7. The average Bonchev–Trinajstić information content (AvgIpc) is 2.47. The maximum absolute atomic E-state index is 11.7. The molecule has 0 spiro atoms. The highest BCUT2D eigenvalue weighted by Crippen LogP contribution is 2.05. The van der Waals surface area contributed by atoms with Gasteiger partial charge in [0.15, 0.2) is 5.78 Å². The minimum absolute atomic E-state index is 0.181. The summed E-state index contributed by atoms with van der Waals surface area (Å²) in [6.07, 6.45) is 2.75. The second kappa shape index (κ2) is 6.44. The van der Waals surface area contributed by atoms with Crippen molar-refractivity contribution in [1.82, 2.24) is 4.98 Å². The summed E-state index contributed by atoms with van der Waals surface area (Å²) >= 11 is 0. The number of carbonyl (C=O) groups excluding carboxylic acids is 2. The van der Waals surface area contributed by atoms with Gasteiger partial charge < -0.3 is 4.74 Å². The van der Waals surface area contributed by atoms with Gasteiger partial charge in [-0.3, -0.25) is 14.6 Å². The molecule has 0 bridgehead atoms. The molecule has 0 fully saturated rings. The van der Waals surface area contributed by atoms with Crippen molar-refractivity contribution >= 4 is 11.8 Å². The van der Waals surface area contributed by atoms with Gasteiger partial charge in [-0.15, -0.1) is 0 Å². The lowest BCUT2D eigenvalue weighted by molar-refractivity contribution is -0.143. The highest BCUT2D eigenvalue weighted by molar-refractivity contribution is 6.05. The molecule has 2 rings (SSSR count). The first-order chi connectivity index (χ1) is 9.25. The third-order valence-corrected chi connectivity index (χ3v) is 2.53. The summed E-state index contributed by atoms with van der Waals surface area (Å²) in [6, 6.07) is 12.6. The highest BCUT2D eigenvalue weighted by Gasteiger charge is 2.12. The minimum atomic E-state index is -0.530. The van der Waals surface area contributed by atoms with Gasteiger partial charge in [-0.05, 0) is 17.7 Å². The zero-order valence-electron chi connectivity index (χ0n) is 10.3. The number of rotatable bonds is 5. The van der Waals surface area contributed by atoms with E-state index in [1.807, 2.05) is 30.3 Å². The normalized spacial score (nSPS) is 9.89. The van der Waals surface area contributed by atoms with E-state index in [-0.39, 0.29) is 18.8 Å². The van der Waals surface area contributed by atoms with Gasteiger partial charge in [0.1, 0.15) is 13.0 Å². The van der Waals surface area contributed by atoms with Gasteiger partial charge in [-0.1, -0.05) is 30.3 Å². The van der Waals surface area contributed by atoms with Gasteiger partial charge in [0.05, 0.1) is 0 Å². The lowest BCUT2D eigenvalue weighted by Crippen LogP contribution is -2.11. The summed E-state index contributed by atoms with van der Waals surface area (Å²) < 4.78 is 5.04. The Hall–Kier alpha value is -2.49. The largest absolute Gasteiger partial charge is 0.460 e. The average molecular weight is 255 g/mol. The zero-order chi connectivity index (χ0) is 13.5. The summed E-state index contributed by atoms with van der Waals surface area (Å²) in [5, 5.41) is 0. The number of hydrogen-bond donors (Lipinski definition) is 0. The van der Waals surface area contributed by atoms with E-state index in [1.165, 1.54) is 6.20 Å². The molecular weight excluding hydrogens is 242 g/mol. The number of aromatic nitrogens is 1. The molecule has 1 aromatic heterocycles. The van der Waals surface area contributed by atoms with Crippen LogP contribution in [0.25, 0.3) is 0 Å². The first-order valence-corrected chi connectivity index (χ1v) is 5.88. The number of esters is 1. The molecular formula is C15H13NO3. The van der Waals surface area contributed by atoms with Gasteiger partial charge in [-0.25, -0.2) is 0 Å². The van der Waals surface area contributed by atoms with Crippen molar-refractivity contribution in [1.29, 1.82) is 0 Å². The SMILES string of the molecule is O=C(CC(=O)c1cccnc1)OCc1ccccc1. The van der Waals surface area contributed by atoms with Crippen molar-refractivity contribution in [3.05, 3.63) is 66.0 Å². The molecule has 0 N–H and O–H groups in total. The van der Waals surface area contributed by atoms with Crippen LogP contribution >= 0.6 is 0 Å². The molecule has 0 unspecified atom stereocenters. The summed E-state index contributed by atoms with van der Waals surface area (Å²) in [4.78, 5) is 27.1. The number of nitrogens with zero attached hydrogens (tertiary/aromatic N) is 1. The van der Waals surface area contributed by atoms with Gasteiger partial charge >= 0.3 is 5.97 Å². The Morgan fingerprint density at radius 1 is 1.05 bits per heavy atom. The topological polar surface area (TPSA) is 56.3 Å². The predicted octanol–water partition coefficient (Wildman–Crippen LogP) is 2.40. The molecule has 4 heteroatoms. The smallest absolute Gasteiger partial charge is 0.314 e. The molecule has 0 aliphatic rings. The number of benzene rings is 1. The molecule has 0 radical (unpaired) electrons. The lowest BCUT2D eigenvalue weighted by atomic mass is 10.1. The number of hydrogen-bond acceptors (Lipinski definition) is 4. The Balaban J connectivity index is 1.83. The van der Waals surface area contributed by atoms with Crippen molar-refractivity contribution < 1.29 is 14.3 Å². The molecule has 1 heterocycles. The first kappa shape index (κ1) is 13.0. The van der Waals surface area contributed by atoms with Crippen LogP contribution in [0.3, 0.4) is 0 Å². The fourth-order valence-corrected chi connectivity index (χ4v) is 1.55. The maximum Gasteiger partial charge on any atom is 0.314 e. The second-order valence-corrected chi connectivity index (χ2v) is 3.99. The molecule has 0 aliphatic carbocycles. The van der Waals surface area contributed by atoms with E-state index in [9.17, 15) is 9.59 Å². The van der Waals surface area contributed by atoms with Crippen LogP contribution in [-0.4, -0.2) is 16.7 Å². The molecule has 0 aliphatic heterocycles. The van der Waals surface area contributed by atoms with Gasteiger partial charge in [0, 0.05) is 18.0 Å². The van der Waals surface area contributed by atoms with E-state index in [0.29, 0.717) is 5.56 Å². The van der Waals surface area contributed by atoms with Gasteiger partial charge in [-0.2, -0.15) is 0 Å². The van der Waals surface area contributed by atoms with Crippen LogP contribution in [0, 0.1) is 0 Å². The van der Waals surface area contributed by atoms with E-state index in [1.54, 1.807) is 18.3 Å². The number of carbonyl (C=O) groups is 2. The van der Waals surface area contributed by atoms with E-state index < -0.39 is 5.97 Å². The summed E-state index contributed by atoms with van der Waals surface area (Å²) in [6.45, 7) is 0.181. The van der Waals surface area contributed by atoms with Crippen LogP contribution in [0.4, 0.5) is 0 Å². The molecule has 0 saturated carbocycles. The molecule has 19 heavy (non-hydrogen) atoms. The van der Waals surface area contributed by atoms with Crippen LogP contribution in [0.5, 0.6) is 0 Å². The van der Waals surface area contributed by atoms with Gasteiger partial charge in [0.25, 0.3) is 0 Å². The van der Waals surface area contributed by atoms with E-state index in [0.717, 1.165) is 5.56 Å². The van der Waals surface area contributed by atoms with E-state index >= 15 is 0 Å². The Labute approximate surface area is 111 Å². The molecule has 0 atom stereocenters. The summed E-state index contributed by atoms with van der Waals surface area (Å²) in [5.74, 6) is -0.816. The molecule has 4 nitrogen and oxygen atoms in total. The first-order valence-electron chi connectivity index (χ1n) is 5.88. The Morgan fingerprint density at radius 3 is 2.53 bits per heavy atom. The quantitative estimate of drug-likeness (QED) is 0.467. The summed E-state index contributed by atoms with van der Waals surface area (Å²) in [7, 11) is 0. The standard InChI is InChI=1S/C15H13NO3/c17-14(13-7-4-8-16-10-13)9-15(18)19-11-12-5-2-1-3-6-12/h1-8,10H,9,11H2. The lowest BCUT2D eigenvalue weighted by Gasteiger charge is -2.04. The third-order valence-electron chi connectivity index (χ3n) is 2.53. The van der Waals surface area contributed by atoms with Crippen LogP contribution < -0.4 is 0 Å². The van der Waals surface area contributed by atoms with Crippen LogP contribution in [-0.2, 0) is 16.1 Å². The monoisotopic (exact) mass is 255 g/mol. The highest BCUT2D eigenvalue weighted by atomic mass is 16.5. The van der Waals surface area contributed by atoms with Gasteiger partial charge in [0.2, 0.25) is 0 Å². The number of ketones is 1. The molecule has 0 saturated heterocycles. The second-order valence-electron chi connectivity index (χ2n) is 3.99. The van der Waals surface area contributed by atoms with Crippen LogP contribution in [0.1, 0.15) is 22.3 Å². The number of Topliss-reactive ketones (excluding diaryl/α,β-unsaturated/α-hetero) is 1. The van der Waals surface area contributed by atoms with E-state index in [4.69, 9.17) is 4.74 Å². The van der Waals surface area contributed by atoms with E-state index in [2.05, 4.69) is 4.98 Å². The summed E-state index contributed by atoms with van der Waals surface area (Å²) in [5.41, 5.74) is 1.31. The van der Waals surface area contributed by atoms with Crippen molar-refractivity contribution in [2.75, 3.05) is 0 Å².